The predicted octanol–water partition coefficient (Wildman–Crippen LogP) is 5.82. The van der Waals surface area contributed by atoms with Gasteiger partial charge in [-0.15, -0.1) is 0 Å². The zero-order valence-electron chi connectivity index (χ0n) is 18.8. The maximum atomic E-state index is 12.8. The van der Waals surface area contributed by atoms with Gasteiger partial charge in [0, 0.05) is 21.8 Å². The molecule has 0 radical (unpaired) electrons. The third-order valence-corrected chi connectivity index (χ3v) is 6.19. The fourth-order valence-corrected chi connectivity index (χ4v) is 4.29. The summed E-state index contributed by atoms with van der Waals surface area (Å²) in [5, 5.41) is 8.95. The molecule has 6 nitrogen and oxygen atoms in total. The van der Waals surface area contributed by atoms with Gasteiger partial charge in [0.25, 0.3) is 11.8 Å². The molecular formula is C25H30BrN3O3S. The van der Waals surface area contributed by atoms with Crippen LogP contribution < -0.4 is 20.7 Å². The quantitative estimate of drug-likeness (QED) is 0.295. The van der Waals surface area contributed by atoms with Crippen LogP contribution in [0.2, 0.25) is 0 Å². The van der Waals surface area contributed by atoms with E-state index in [1.807, 2.05) is 6.07 Å². The van der Waals surface area contributed by atoms with Crippen LogP contribution in [0.25, 0.3) is 0 Å². The van der Waals surface area contributed by atoms with Crippen LogP contribution >= 0.6 is 28.1 Å². The van der Waals surface area contributed by atoms with Crippen molar-refractivity contribution in [2.24, 2.45) is 0 Å². The van der Waals surface area contributed by atoms with Gasteiger partial charge < -0.3 is 15.4 Å². The van der Waals surface area contributed by atoms with E-state index in [4.69, 9.17) is 17.0 Å². The van der Waals surface area contributed by atoms with Crippen LogP contribution in [0.4, 0.5) is 5.69 Å². The number of halogens is 1. The van der Waals surface area contributed by atoms with Crippen molar-refractivity contribution in [2.45, 2.75) is 57.9 Å². The minimum absolute atomic E-state index is 0.0940. The molecule has 0 atom stereocenters. The first kappa shape index (κ1) is 25.2. The lowest BCUT2D eigenvalue weighted by molar-refractivity contribution is 0.0926. The molecule has 0 heterocycles. The van der Waals surface area contributed by atoms with E-state index < -0.39 is 0 Å². The van der Waals surface area contributed by atoms with Crippen molar-refractivity contribution < 1.29 is 14.3 Å². The topological polar surface area (TPSA) is 79.5 Å². The smallest absolute Gasteiger partial charge is 0.261 e. The Balaban J connectivity index is 1.60. The van der Waals surface area contributed by atoms with Gasteiger partial charge in [0.05, 0.1) is 12.2 Å². The summed E-state index contributed by atoms with van der Waals surface area (Å²) in [5.41, 5.74) is 1.58. The molecule has 8 heteroatoms. The Hall–Kier alpha value is -2.45. The highest BCUT2D eigenvalue weighted by Crippen LogP contribution is 2.24. The molecule has 1 aliphatic carbocycles. The summed E-state index contributed by atoms with van der Waals surface area (Å²) in [6, 6.07) is 12.6. The number of thiocarbonyl (C=S) groups is 1. The SMILES string of the molecule is CCCCOc1ccc(Br)cc1C(=O)NC(=S)Nc1cccc(C(=O)NC2CCCCC2)c1. The maximum absolute atomic E-state index is 12.8. The largest absolute Gasteiger partial charge is 0.493 e. The Morgan fingerprint density at radius 1 is 1.09 bits per heavy atom. The van der Waals surface area contributed by atoms with Gasteiger partial charge in [-0.3, -0.25) is 14.9 Å². The van der Waals surface area contributed by atoms with Gasteiger partial charge in [-0.2, -0.15) is 0 Å². The highest BCUT2D eigenvalue weighted by Gasteiger charge is 2.18. The first-order valence-electron chi connectivity index (χ1n) is 11.4. The van der Waals surface area contributed by atoms with Gasteiger partial charge in [0.2, 0.25) is 0 Å². The monoisotopic (exact) mass is 531 g/mol. The third kappa shape index (κ3) is 7.82. The Kier molecular flexibility index (Phi) is 9.69. The zero-order chi connectivity index (χ0) is 23.6. The van der Waals surface area contributed by atoms with Crippen LogP contribution in [0.5, 0.6) is 5.75 Å². The number of hydrogen-bond donors (Lipinski definition) is 3. The van der Waals surface area contributed by atoms with E-state index in [-0.39, 0.29) is 23.0 Å². The lowest BCUT2D eigenvalue weighted by Gasteiger charge is -2.22. The van der Waals surface area contributed by atoms with Crippen molar-refractivity contribution in [3.05, 3.63) is 58.1 Å². The third-order valence-electron chi connectivity index (χ3n) is 5.49. The van der Waals surface area contributed by atoms with E-state index in [0.717, 1.165) is 43.0 Å². The molecule has 0 saturated heterocycles. The van der Waals surface area contributed by atoms with E-state index in [2.05, 4.69) is 38.8 Å². The number of unbranched alkanes of at least 4 members (excludes halogenated alkanes) is 1. The van der Waals surface area contributed by atoms with Gasteiger partial charge in [-0.25, -0.2) is 0 Å². The Bertz CT molecular complexity index is 993. The van der Waals surface area contributed by atoms with Crippen LogP contribution in [0.15, 0.2) is 46.9 Å². The molecule has 3 rings (SSSR count). The summed E-state index contributed by atoms with van der Waals surface area (Å²) in [4.78, 5) is 25.5. The first-order valence-corrected chi connectivity index (χ1v) is 12.6. The molecule has 0 bridgehead atoms. The van der Waals surface area contributed by atoms with Gasteiger partial charge in [0.1, 0.15) is 5.75 Å². The van der Waals surface area contributed by atoms with E-state index in [1.54, 1.807) is 36.4 Å². The molecule has 1 aliphatic rings. The number of rotatable bonds is 8. The van der Waals surface area contributed by atoms with Crippen LogP contribution in [0.1, 0.15) is 72.6 Å². The number of nitrogens with one attached hydrogen (secondary N) is 3. The summed E-state index contributed by atoms with van der Waals surface area (Å²) in [5.74, 6) is 0.0448. The number of benzene rings is 2. The molecule has 0 aliphatic heterocycles. The number of amides is 2. The second kappa shape index (κ2) is 12.7. The Morgan fingerprint density at radius 2 is 1.88 bits per heavy atom. The number of carbonyl (C=O) groups is 2. The molecule has 176 valence electrons. The molecule has 0 aromatic heterocycles. The van der Waals surface area contributed by atoms with Gasteiger partial charge in [-0.05, 0) is 67.9 Å². The van der Waals surface area contributed by atoms with E-state index in [9.17, 15) is 9.59 Å². The van der Waals surface area contributed by atoms with Gasteiger partial charge >= 0.3 is 0 Å². The minimum atomic E-state index is -0.369. The average molecular weight is 533 g/mol. The number of ether oxygens (including phenoxy) is 1. The molecule has 2 aromatic carbocycles. The fraction of sp³-hybridized carbons (Fsp3) is 0.400. The van der Waals surface area contributed by atoms with Crippen molar-refractivity contribution >= 4 is 50.8 Å². The van der Waals surface area contributed by atoms with Crippen molar-refractivity contribution in [2.75, 3.05) is 11.9 Å². The Morgan fingerprint density at radius 3 is 2.64 bits per heavy atom. The molecule has 33 heavy (non-hydrogen) atoms. The molecular weight excluding hydrogens is 502 g/mol. The van der Waals surface area contributed by atoms with Gasteiger partial charge in [0.15, 0.2) is 5.11 Å². The second-order valence-electron chi connectivity index (χ2n) is 8.14. The highest BCUT2D eigenvalue weighted by molar-refractivity contribution is 9.10. The van der Waals surface area contributed by atoms with Crippen molar-refractivity contribution in [3.63, 3.8) is 0 Å². The standard InChI is InChI=1S/C25H30BrN3O3S/c1-2-3-14-32-22-13-12-18(26)16-21(22)24(31)29-25(33)28-20-11-7-8-17(15-20)23(30)27-19-9-5-4-6-10-19/h7-8,11-13,15-16,19H,2-6,9-10,14H2,1H3,(H,27,30)(H2,28,29,31,33). The van der Waals surface area contributed by atoms with Crippen molar-refractivity contribution in [1.29, 1.82) is 0 Å². The number of carbonyl (C=O) groups excluding carboxylic acids is 2. The Labute approximate surface area is 209 Å². The molecule has 1 saturated carbocycles. The zero-order valence-corrected chi connectivity index (χ0v) is 21.2. The summed E-state index contributed by atoms with van der Waals surface area (Å²) in [6.45, 7) is 2.62. The molecule has 2 amide bonds. The van der Waals surface area contributed by atoms with Crippen molar-refractivity contribution in [1.82, 2.24) is 10.6 Å². The van der Waals surface area contributed by atoms with Crippen molar-refractivity contribution in [3.8, 4) is 5.75 Å². The molecule has 0 spiro atoms. The van der Waals surface area contributed by atoms with Crippen LogP contribution in [-0.4, -0.2) is 29.6 Å². The molecule has 1 fully saturated rings. The summed E-state index contributed by atoms with van der Waals surface area (Å²) in [6.07, 6.45) is 7.51. The normalized spacial score (nSPS) is 13.8. The molecule has 2 aromatic rings. The number of hydrogen-bond acceptors (Lipinski definition) is 4. The molecule has 0 unspecified atom stereocenters. The maximum Gasteiger partial charge on any atom is 0.261 e. The summed E-state index contributed by atoms with van der Waals surface area (Å²) < 4.78 is 6.54. The number of anilines is 1. The second-order valence-corrected chi connectivity index (χ2v) is 9.46. The van der Waals surface area contributed by atoms with Crippen LogP contribution in [0.3, 0.4) is 0 Å². The average Bonchev–Trinajstić information content (AvgIpc) is 2.81. The van der Waals surface area contributed by atoms with E-state index in [1.165, 1.54) is 6.42 Å². The highest BCUT2D eigenvalue weighted by atomic mass is 79.9. The summed E-state index contributed by atoms with van der Waals surface area (Å²) >= 11 is 8.74. The summed E-state index contributed by atoms with van der Waals surface area (Å²) in [7, 11) is 0. The van der Waals surface area contributed by atoms with Gasteiger partial charge in [-0.1, -0.05) is 54.6 Å². The van der Waals surface area contributed by atoms with E-state index in [0.29, 0.717) is 29.2 Å². The minimum Gasteiger partial charge on any atom is -0.493 e. The van der Waals surface area contributed by atoms with Crippen LogP contribution in [-0.2, 0) is 0 Å². The lowest BCUT2D eigenvalue weighted by Crippen LogP contribution is -2.36. The van der Waals surface area contributed by atoms with E-state index >= 15 is 0 Å². The first-order chi connectivity index (χ1) is 16.0. The molecule has 3 N–H and O–H groups in total. The van der Waals surface area contributed by atoms with Crippen LogP contribution in [0, 0.1) is 0 Å². The predicted molar refractivity (Wildman–Crippen MR) is 139 cm³/mol. The lowest BCUT2D eigenvalue weighted by atomic mass is 9.95. The fourth-order valence-electron chi connectivity index (χ4n) is 3.72.